The Morgan fingerprint density at radius 2 is 2.20 bits per heavy atom. The first-order valence-electron chi connectivity index (χ1n) is 4.17. The van der Waals surface area contributed by atoms with Crippen LogP contribution in [0.1, 0.15) is 0 Å². The van der Waals surface area contributed by atoms with E-state index in [0.29, 0.717) is 24.0 Å². The number of hydrogen-bond acceptors (Lipinski definition) is 3. The lowest BCUT2D eigenvalue weighted by atomic mass is 10.3. The van der Waals surface area contributed by atoms with E-state index in [1.807, 2.05) is 0 Å². The van der Waals surface area contributed by atoms with Gasteiger partial charge in [-0.2, -0.15) is 0 Å². The molecule has 0 aliphatic rings. The molecule has 4 nitrogen and oxygen atoms in total. The quantitative estimate of drug-likeness (QED) is 0.641. The minimum atomic E-state index is -2.11. The Hall–Kier alpha value is -0.620. The summed E-state index contributed by atoms with van der Waals surface area (Å²) in [6, 6.07) is 4.56. The van der Waals surface area contributed by atoms with Gasteiger partial charge < -0.3 is 14.0 Å². The Morgan fingerprint density at radius 3 is 2.80 bits per heavy atom. The summed E-state index contributed by atoms with van der Waals surface area (Å²) in [6.45, 7) is 0.739. The zero-order chi connectivity index (χ0) is 11.3. The Bertz CT molecular complexity index is 356. The first kappa shape index (κ1) is 12.4. The summed E-state index contributed by atoms with van der Waals surface area (Å²) in [6.07, 6.45) is 0. The van der Waals surface area contributed by atoms with E-state index in [2.05, 4.69) is 0 Å². The van der Waals surface area contributed by atoms with Crippen LogP contribution >= 0.6 is 11.6 Å². The highest BCUT2D eigenvalue weighted by atomic mass is 35.5. The highest BCUT2D eigenvalue weighted by Crippen LogP contribution is 2.25. The number of ether oxygens (including phenoxy) is 2. The number of methoxy groups -OCH3 is 1. The van der Waals surface area contributed by atoms with Crippen molar-refractivity contribution in [2.24, 2.45) is 0 Å². The summed E-state index contributed by atoms with van der Waals surface area (Å²) in [5.41, 5.74) is 0. The van der Waals surface area contributed by atoms with Gasteiger partial charge in [-0.1, -0.05) is 11.6 Å². The molecule has 0 fully saturated rings. The van der Waals surface area contributed by atoms with Gasteiger partial charge in [-0.3, -0.25) is 0 Å². The van der Waals surface area contributed by atoms with E-state index in [1.165, 1.54) is 6.07 Å². The Kier molecular flexibility index (Phi) is 5.04. The van der Waals surface area contributed by atoms with Crippen molar-refractivity contribution in [3.05, 3.63) is 23.2 Å². The molecule has 1 aromatic carbocycles. The maximum Gasteiger partial charge on any atom is 0.190 e. The summed E-state index contributed by atoms with van der Waals surface area (Å²) in [5.74, 6) is 0.345. The summed E-state index contributed by atoms with van der Waals surface area (Å²) in [5, 5.41) is 0.395. The molecule has 1 N–H and O–H groups in total. The molecule has 0 saturated carbocycles. The highest BCUT2D eigenvalue weighted by Gasteiger charge is 2.09. The van der Waals surface area contributed by atoms with Crippen LogP contribution in [0, 0.1) is 0 Å². The second kappa shape index (κ2) is 6.07. The average molecular weight is 251 g/mol. The first-order valence-corrected chi connectivity index (χ1v) is 5.65. The van der Waals surface area contributed by atoms with Gasteiger partial charge in [0, 0.05) is 12.1 Å². The molecule has 84 valence electrons. The minimum Gasteiger partial charge on any atom is -0.490 e. The maximum atomic E-state index is 10.9. The molecule has 0 aliphatic heterocycles. The molecule has 15 heavy (non-hydrogen) atoms. The summed E-state index contributed by atoms with van der Waals surface area (Å²) in [4.78, 5) is 0.165. The van der Waals surface area contributed by atoms with Crippen LogP contribution in [0.25, 0.3) is 0 Å². The van der Waals surface area contributed by atoms with Gasteiger partial charge in [0.1, 0.15) is 17.3 Å². The van der Waals surface area contributed by atoms with Crippen LogP contribution in [0.5, 0.6) is 5.75 Å². The smallest absolute Gasteiger partial charge is 0.190 e. The molecular weight excluding hydrogens is 240 g/mol. The SMILES string of the molecule is COCCOc1ccc(Cl)cc1S(=O)O. The summed E-state index contributed by atoms with van der Waals surface area (Å²) >= 11 is 3.59. The van der Waals surface area contributed by atoms with Crippen molar-refractivity contribution in [1.29, 1.82) is 0 Å². The van der Waals surface area contributed by atoms with E-state index < -0.39 is 11.1 Å². The molecule has 1 rings (SSSR count). The third kappa shape index (κ3) is 3.79. The normalized spacial score (nSPS) is 12.5. The number of hydrogen-bond donors (Lipinski definition) is 1. The van der Waals surface area contributed by atoms with Gasteiger partial charge in [-0.15, -0.1) is 0 Å². The first-order chi connectivity index (χ1) is 7.15. The van der Waals surface area contributed by atoms with Crippen molar-refractivity contribution in [3.8, 4) is 5.75 Å². The lowest BCUT2D eigenvalue weighted by Crippen LogP contribution is -2.06. The van der Waals surface area contributed by atoms with Gasteiger partial charge in [0.2, 0.25) is 0 Å². The van der Waals surface area contributed by atoms with E-state index in [-0.39, 0.29) is 4.90 Å². The highest BCUT2D eigenvalue weighted by molar-refractivity contribution is 7.79. The van der Waals surface area contributed by atoms with Crippen molar-refractivity contribution in [1.82, 2.24) is 0 Å². The van der Waals surface area contributed by atoms with Gasteiger partial charge in [0.15, 0.2) is 11.1 Å². The predicted octanol–water partition coefficient (Wildman–Crippen LogP) is 1.95. The molecule has 0 spiro atoms. The molecule has 1 aromatic rings. The number of halogens is 1. The van der Waals surface area contributed by atoms with Crippen molar-refractivity contribution in [2.75, 3.05) is 20.3 Å². The van der Waals surface area contributed by atoms with Crippen LogP contribution in [0.15, 0.2) is 23.1 Å². The fourth-order valence-electron chi connectivity index (χ4n) is 0.973. The zero-order valence-electron chi connectivity index (χ0n) is 8.10. The minimum absolute atomic E-state index is 0.165. The largest absolute Gasteiger partial charge is 0.490 e. The van der Waals surface area contributed by atoms with E-state index in [1.54, 1.807) is 19.2 Å². The Morgan fingerprint density at radius 1 is 1.47 bits per heavy atom. The predicted molar refractivity (Wildman–Crippen MR) is 57.9 cm³/mol. The second-order valence-corrected chi connectivity index (χ2v) is 4.06. The fourth-order valence-corrected chi connectivity index (χ4v) is 1.74. The lowest BCUT2D eigenvalue weighted by Gasteiger charge is -2.08. The molecule has 0 bridgehead atoms. The van der Waals surface area contributed by atoms with Crippen molar-refractivity contribution in [2.45, 2.75) is 4.90 Å². The summed E-state index contributed by atoms with van der Waals surface area (Å²) < 4.78 is 30.0. The molecular formula is C9H11ClO4S. The molecule has 0 radical (unpaired) electrons. The molecule has 0 amide bonds. The maximum absolute atomic E-state index is 10.9. The van der Waals surface area contributed by atoms with Gasteiger partial charge in [0.05, 0.1) is 6.61 Å². The van der Waals surface area contributed by atoms with Crippen molar-refractivity contribution >= 4 is 22.7 Å². The molecule has 1 atom stereocenters. The molecule has 6 heteroatoms. The van der Waals surface area contributed by atoms with Crippen molar-refractivity contribution in [3.63, 3.8) is 0 Å². The molecule has 0 aliphatic carbocycles. The Labute approximate surface area is 95.4 Å². The third-order valence-electron chi connectivity index (χ3n) is 1.64. The van der Waals surface area contributed by atoms with Crippen molar-refractivity contribution < 1.29 is 18.2 Å². The van der Waals surface area contributed by atoms with Crippen LogP contribution in [0.3, 0.4) is 0 Å². The van der Waals surface area contributed by atoms with Crippen LogP contribution in [-0.4, -0.2) is 29.1 Å². The Balaban J connectivity index is 2.81. The number of benzene rings is 1. The van der Waals surface area contributed by atoms with E-state index >= 15 is 0 Å². The van der Waals surface area contributed by atoms with Gasteiger partial charge in [-0.05, 0) is 18.2 Å². The van der Waals surface area contributed by atoms with Crippen LogP contribution in [0.2, 0.25) is 5.02 Å². The third-order valence-corrected chi connectivity index (χ3v) is 2.57. The zero-order valence-corrected chi connectivity index (χ0v) is 9.68. The summed E-state index contributed by atoms with van der Waals surface area (Å²) in [7, 11) is 1.55. The second-order valence-electron chi connectivity index (χ2n) is 2.68. The van der Waals surface area contributed by atoms with Gasteiger partial charge in [-0.25, -0.2) is 4.21 Å². The molecule has 1 unspecified atom stereocenters. The number of rotatable bonds is 5. The molecule has 0 heterocycles. The standard InChI is InChI=1S/C9H11ClO4S/c1-13-4-5-14-8-3-2-7(10)6-9(8)15(11)12/h2-3,6H,4-5H2,1H3,(H,11,12). The molecule has 0 saturated heterocycles. The molecule has 0 aromatic heterocycles. The topological polar surface area (TPSA) is 55.8 Å². The lowest BCUT2D eigenvalue weighted by molar-refractivity contribution is 0.144. The van der Waals surface area contributed by atoms with Crippen LogP contribution in [-0.2, 0) is 15.8 Å². The average Bonchev–Trinajstić information content (AvgIpc) is 2.20. The van der Waals surface area contributed by atoms with Gasteiger partial charge >= 0.3 is 0 Å². The van der Waals surface area contributed by atoms with E-state index in [4.69, 9.17) is 25.6 Å². The van der Waals surface area contributed by atoms with E-state index in [9.17, 15) is 4.21 Å². The fraction of sp³-hybridized carbons (Fsp3) is 0.333. The monoisotopic (exact) mass is 250 g/mol. The van der Waals surface area contributed by atoms with Gasteiger partial charge in [0.25, 0.3) is 0 Å². The van der Waals surface area contributed by atoms with Crippen LogP contribution < -0.4 is 4.74 Å². The van der Waals surface area contributed by atoms with Crippen LogP contribution in [0.4, 0.5) is 0 Å². The van der Waals surface area contributed by atoms with E-state index in [0.717, 1.165) is 0 Å².